The van der Waals surface area contributed by atoms with Crippen molar-refractivity contribution in [2.24, 2.45) is 4.99 Å². The fraction of sp³-hybridized carbons (Fsp3) is 0. The number of nitrogens with zero attached hydrogens (tertiary/aromatic N) is 1. The van der Waals surface area contributed by atoms with Crippen LogP contribution in [0, 0.1) is 0 Å². The zero-order valence-electron chi connectivity index (χ0n) is 22.4. The van der Waals surface area contributed by atoms with E-state index in [0.717, 1.165) is 22.7 Å². The summed E-state index contributed by atoms with van der Waals surface area (Å²) < 4.78 is 5.91. The number of hydrogen-bond acceptors (Lipinski definition) is 4. The molecule has 0 aliphatic rings. The number of benzene rings is 5. The summed E-state index contributed by atoms with van der Waals surface area (Å²) in [5, 5.41) is 5.14. The van der Waals surface area contributed by atoms with E-state index < -0.39 is 0 Å². The van der Waals surface area contributed by atoms with Crippen molar-refractivity contribution >= 4 is 52.3 Å². The van der Waals surface area contributed by atoms with E-state index in [4.69, 9.17) is 17.0 Å². The Bertz CT molecular complexity index is 1540. The van der Waals surface area contributed by atoms with Gasteiger partial charge >= 0.3 is 0 Å². The van der Waals surface area contributed by atoms with Crippen molar-refractivity contribution < 1.29 is 4.74 Å². The summed E-state index contributed by atoms with van der Waals surface area (Å²) in [6.07, 6.45) is 5.79. The molecule has 0 aliphatic carbocycles. The molecule has 0 radical (unpaired) electrons. The summed E-state index contributed by atoms with van der Waals surface area (Å²) in [6.45, 7) is 0. The van der Waals surface area contributed by atoms with E-state index in [2.05, 4.69) is 22.4 Å². The molecule has 0 fully saturated rings. The molecule has 0 aromatic heterocycles. The van der Waals surface area contributed by atoms with Gasteiger partial charge in [0, 0.05) is 16.7 Å². The molecule has 0 unspecified atom stereocenters. The van der Waals surface area contributed by atoms with Crippen LogP contribution in [-0.4, -0.2) is 10.9 Å². The number of rotatable bonds is 8. The number of ether oxygens (including phenoxy) is 1. The van der Waals surface area contributed by atoms with E-state index in [1.807, 2.05) is 163 Å². The first kappa shape index (κ1) is 29.3. The standard InChI is InChI=1S/C21H17NOS.C15H13NS/c1-4-10-18(11-5-1)22-21(23-19-12-6-2-7-13-19)16-17-24-20-14-8-3-9-15-20;17-15(16-14-9-5-2-6-10-14)12-11-13-7-3-1-4-8-13/h1-17H;1-12H,(H,16,17)/b17-16+,22-21-;12-11-. The molecule has 0 bridgehead atoms. The van der Waals surface area contributed by atoms with Gasteiger partial charge < -0.3 is 10.1 Å². The number of hydrogen-bond donors (Lipinski definition) is 1. The number of thiocarbonyl (C=S) groups is 1. The normalized spacial score (nSPS) is 11.1. The van der Waals surface area contributed by atoms with Gasteiger partial charge in [0.2, 0.25) is 5.90 Å². The Balaban J connectivity index is 0.000000201. The summed E-state index contributed by atoms with van der Waals surface area (Å²) in [5.74, 6) is 1.32. The highest BCUT2D eigenvalue weighted by molar-refractivity contribution is 8.02. The fourth-order valence-electron chi connectivity index (χ4n) is 3.44. The minimum absolute atomic E-state index is 0.552. The van der Waals surface area contributed by atoms with Gasteiger partial charge in [-0.15, -0.1) is 0 Å². The Kier molecular flexibility index (Phi) is 12.2. The fourth-order valence-corrected chi connectivity index (χ4v) is 4.29. The van der Waals surface area contributed by atoms with Crippen molar-refractivity contribution in [3.8, 4) is 5.75 Å². The first-order valence-electron chi connectivity index (χ1n) is 13.1. The molecule has 0 amide bonds. The largest absolute Gasteiger partial charge is 0.439 e. The second kappa shape index (κ2) is 17.1. The predicted molar refractivity (Wildman–Crippen MR) is 180 cm³/mol. The molecule has 1 N–H and O–H groups in total. The Labute approximate surface area is 252 Å². The molecule has 0 atom stereocenters. The summed E-state index contributed by atoms with van der Waals surface area (Å²) in [5.41, 5.74) is 3.01. The third kappa shape index (κ3) is 11.5. The van der Waals surface area contributed by atoms with E-state index in [-0.39, 0.29) is 0 Å². The number of thioether (sulfide) groups is 1. The number of para-hydroxylation sites is 3. The molecule has 0 aliphatic heterocycles. The van der Waals surface area contributed by atoms with Crippen molar-refractivity contribution in [1.29, 1.82) is 0 Å². The Morgan fingerprint density at radius 1 is 0.634 bits per heavy atom. The van der Waals surface area contributed by atoms with E-state index in [0.29, 0.717) is 10.9 Å². The Morgan fingerprint density at radius 2 is 1.17 bits per heavy atom. The van der Waals surface area contributed by atoms with Crippen LogP contribution in [-0.2, 0) is 0 Å². The van der Waals surface area contributed by atoms with Crippen molar-refractivity contribution in [3.05, 3.63) is 175 Å². The van der Waals surface area contributed by atoms with Gasteiger partial charge in [0.05, 0.1) is 5.69 Å². The van der Waals surface area contributed by atoms with Crippen LogP contribution in [0.15, 0.2) is 179 Å². The maximum atomic E-state index is 5.91. The summed E-state index contributed by atoms with van der Waals surface area (Å²) in [7, 11) is 0. The van der Waals surface area contributed by atoms with Crippen LogP contribution < -0.4 is 10.1 Å². The van der Waals surface area contributed by atoms with Crippen LogP contribution in [0.25, 0.3) is 6.08 Å². The second-order valence-corrected chi connectivity index (χ2v) is 9.95. The third-order valence-corrected chi connectivity index (χ3v) is 6.44. The van der Waals surface area contributed by atoms with Crippen molar-refractivity contribution in [1.82, 2.24) is 0 Å². The molecule has 5 aromatic carbocycles. The first-order valence-corrected chi connectivity index (χ1v) is 14.4. The van der Waals surface area contributed by atoms with E-state index in [1.165, 1.54) is 4.90 Å². The SMILES string of the molecule is C(=C\C(=N\c1ccccc1)Oc1ccccc1)/Sc1ccccc1.S=C(/C=C\c1ccccc1)Nc1ccccc1. The molecule has 3 nitrogen and oxygen atoms in total. The van der Waals surface area contributed by atoms with Crippen molar-refractivity contribution in [3.63, 3.8) is 0 Å². The molecule has 0 heterocycles. The van der Waals surface area contributed by atoms with E-state index in [9.17, 15) is 0 Å². The molecule has 41 heavy (non-hydrogen) atoms. The van der Waals surface area contributed by atoms with E-state index in [1.54, 1.807) is 11.8 Å². The summed E-state index contributed by atoms with van der Waals surface area (Å²) in [6, 6.07) is 49.7. The lowest BCUT2D eigenvalue weighted by molar-refractivity contribution is 0.556. The van der Waals surface area contributed by atoms with Gasteiger partial charge in [-0.3, -0.25) is 0 Å². The van der Waals surface area contributed by atoms with Crippen LogP contribution in [0.5, 0.6) is 5.75 Å². The Hall–Kier alpha value is -4.71. The minimum atomic E-state index is 0.552. The van der Waals surface area contributed by atoms with Crippen LogP contribution in [0.3, 0.4) is 0 Å². The zero-order valence-corrected chi connectivity index (χ0v) is 24.0. The van der Waals surface area contributed by atoms with Gasteiger partial charge in [0.15, 0.2) is 0 Å². The molecular weight excluding hydrogens is 541 g/mol. The molecule has 5 aromatic rings. The highest BCUT2D eigenvalue weighted by Gasteiger charge is 2.00. The minimum Gasteiger partial charge on any atom is -0.439 e. The zero-order chi connectivity index (χ0) is 28.4. The topological polar surface area (TPSA) is 33.6 Å². The first-order chi connectivity index (χ1) is 20.2. The lowest BCUT2D eigenvalue weighted by Gasteiger charge is -2.05. The van der Waals surface area contributed by atoms with Crippen LogP contribution in [0.4, 0.5) is 11.4 Å². The number of anilines is 1. The predicted octanol–water partition coefficient (Wildman–Crippen LogP) is 10.2. The molecule has 202 valence electrons. The van der Waals surface area contributed by atoms with Gasteiger partial charge in [-0.05, 0) is 65.6 Å². The van der Waals surface area contributed by atoms with Gasteiger partial charge in [0.1, 0.15) is 10.7 Å². The Morgan fingerprint density at radius 3 is 1.80 bits per heavy atom. The highest BCUT2D eigenvalue weighted by Crippen LogP contribution is 2.20. The summed E-state index contributed by atoms with van der Waals surface area (Å²) in [4.78, 5) is 6.46. The van der Waals surface area contributed by atoms with Crippen LogP contribution in [0.2, 0.25) is 0 Å². The lowest BCUT2D eigenvalue weighted by atomic mass is 10.2. The van der Waals surface area contributed by atoms with E-state index >= 15 is 0 Å². The molecular formula is C36H30N2OS2. The maximum Gasteiger partial charge on any atom is 0.220 e. The van der Waals surface area contributed by atoms with Gasteiger partial charge in [-0.25, -0.2) is 4.99 Å². The van der Waals surface area contributed by atoms with Gasteiger partial charge in [0.25, 0.3) is 0 Å². The van der Waals surface area contributed by atoms with Crippen molar-refractivity contribution in [2.75, 3.05) is 5.32 Å². The second-order valence-electron chi connectivity index (χ2n) is 8.53. The van der Waals surface area contributed by atoms with Crippen LogP contribution >= 0.6 is 24.0 Å². The monoisotopic (exact) mass is 570 g/mol. The molecule has 5 rings (SSSR count). The summed E-state index contributed by atoms with van der Waals surface area (Å²) >= 11 is 6.87. The smallest absolute Gasteiger partial charge is 0.220 e. The van der Waals surface area contributed by atoms with Crippen molar-refractivity contribution in [2.45, 2.75) is 4.90 Å². The van der Waals surface area contributed by atoms with Crippen LogP contribution in [0.1, 0.15) is 5.56 Å². The number of aliphatic imine (C=N–C) groups is 1. The highest BCUT2D eigenvalue weighted by atomic mass is 32.2. The van der Waals surface area contributed by atoms with Gasteiger partial charge in [-0.1, -0.05) is 133 Å². The maximum absolute atomic E-state index is 5.91. The molecule has 5 heteroatoms. The quantitative estimate of drug-likeness (QED) is 0.0661. The lowest BCUT2D eigenvalue weighted by Crippen LogP contribution is -2.04. The molecule has 0 saturated heterocycles. The average Bonchev–Trinajstić information content (AvgIpc) is 3.03. The third-order valence-electron chi connectivity index (χ3n) is 5.39. The molecule has 0 saturated carbocycles. The molecule has 0 spiro atoms. The number of nitrogens with one attached hydrogen (secondary N) is 1. The average molecular weight is 571 g/mol. The van der Waals surface area contributed by atoms with Gasteiger partial charge in [-0.2, -0.15) is 0 Å².